The van der Waals surface area contributed by atoms with Crippen LogP contribution in [0.5, 0.6) is 5.75 Å². The van der Waals surface area contributed by atoms with Gasteiger partial charge in [0.2, 0.25) is 17.7 Å². The van der Waals surface area contributed by atoms with Crippen LogP contribution in [-0.4, -0.2) is 69.1 Å². The molecule has 3 aliphatic rings. The molecule has 8 nitrogen and oxygen atoms in total. The number of rotatable bonds is 12. The monoisotopic (exact) mass is 559 g/mol. The second kappa shape index (κ2) is 12.1. The Morgan fingerprint density at radius 1 is 1.18 bits per heavy atom. The topological polar surface area (TPSA) is 108 Å². The normalized spacial score (nSPS) is 30.8. The van der Waals surface area contributed by atoms with Crippen LogP contribution in [0.15, 0.2) is 24.3 Å². The molecule has 3 N–H and O–H groups in total. The van der Waals surface area contributed by atoms with Crippen molar-refractivity contribution in [3.8, 4) is 5.75 Å². The molecule has 3 heterocycles. The third-order valence-corrected chi connectivity index (χ3v) is 10.7. The Bertz CT molecular complexity index is 1050. The Hall–Kier alpha value is -2.26. The van der Waals surface area contributed by atoms with Gasteiger partial charge in [-0.3, -0.25) is 14.4 Å². The molecule has 216 valence electrons. The molecule has 0 radical (unpaired) electrons. The third kappa shape index (κ3) is 5.41. The summed E-state index contributed by atoms with van der Waals surface area (Å²) >= 11 is 1.66. The largest absolute Gasteiger partial charge is 0.494 e. The van der Waals surface area contributed by atoms with Crippen molar-refractivity contribution in [1.29, 1.82) is 0 Å². The minimum atomic E-state index is -0.724. The molecule has 4 rings (SSSR count). The first-order chi connectivity index (χ1) is 18.6. The van der Waals surface area contributed by atoms with E-state index in [0.29, 0.717) is 18.7 Å². The number of nitrogens with one attached hydrogen (secondary N) is 2. The Labute approximate surface area is 237 Å². The quantitative estimate of drug-likeness (QED) is 0.356. The smallest absolute Gasteiger partial charge is 0.244 e. The van der Waals surface area contributed by atoms with Gasteiger partial charge in [-0.1, -0.05) is 34.1 Å². The number of anilines is 1. The summed E-state index contributed by atoms with van der Waals surface area (Å²) in [7, 11) is 0. The number of carbonyl (C=O) groups is 3. The molecule has 0 saturated carbocycles. The predicted octanol–water partition coefficient (Wildman–Crippen LogP) is 4.07. The van der Waals surface area contributed by atoms with Crippen molar-refractivity contribution >= 4 is 35.2 Å². The Balaban J connectivity index is 1.68. The van der Waals surface area contributed by atoms with Gasteiger partial charge in [0.05, 0.1) is 35.8 Å². The number of ether oxygens (including phenoxy) is 1. The van der Waals surface area contributed by atoms with Gasteiger partial charge in [0.15, 0.2) is 0 Å². The molecule has 3 aliphatic heterocycles. The van der Waals surface area contributed by atoms with Crippen LogP contribution in [0.1, 0.15) is 67.2 Å². The summed E-state index contributed by atoms with van der Waals surface area (Å²) in [6.07, 6.45) is 3.14. The van der Waals surface area contributed by atoms with Crippen molar-refractivity contribution in [3.63, 3.8) is 0 Å². The van der Waals surface area contributed by atoms with E-state index in [1.54, 1.807) is 28.8 Å². The second-order valence-electron chi connectivity index (χ2n) is 11.9. The number of carbonyl (C=O) groups excluding carboxylic acids is 3. The first-order valence-corrected chi connectivity index (χ1v) is 15.4. The Morgan fingerprint density at radius 3 is 2.46 bits per heavy atom. The fourth-order valence-corrected chi connectivity index (χ4v) is 9.53. The molecule has 0 aromatic heterocycles. The Kier molecular flexibility index (Phi) is 9.21. The van der Waals surface area contributed by atoms with Crippen molar-refractivity contribution in [3.05, 3.63) is 24.3 Å². The lowest BCUT2D eigenvalue weighted by molar-refractivity contribution is -0.142. The third-order valence-electron chi connectivity index (χ3n) is 8.63. The fraction of sp³-hybridized carbons (Fsp3) is 0.700. The summed E-state index contributed by atoms with van der Waals surface area (Å²) in [5.74, 6) is -0.643. The van der Waals surface area contributed by atoms with Crippen LogP contribution >= 0.6 is 11.8 Å². The van der Waals surface area contributed by atoms with Crippen LogP contribution in [0.2, 0.25) is 0 Å². The molecule has 1 aromatic rings. The lowest BCUT2D eigenvalue weighted by atomic mass is 9.65. The summed E-state index contributed by atoms with van der Waals surface area (Å²) in [5.41, 5.74) is 0.649. The minimum Gasteiger partial charge on any atom is -0.494 e. The molecule has 3 amide bonds. The molecule has 8 atom stereocenters. The average Bonchev–Trinajstić information content (AvgIpc) is 3.47. The number of hydrogen-bond acceptors (Lipinski definition) is 6. The van der Waals surface area contributed by atoms with E-state index in [1.165, 1.54) is 0 Å². The van der Waals surface area contributed by atoms with Gasteiger partial charge in [-0.2, -0.15) is 0 Å². The molecule has 1 spiro atoms. The van der Waals surface area contributed by atoms with Crippen LogP contribution in [0.4, 0.5) is 5.69 Å². The van der Waals surface area contributed by atoms with E-state index in [1.807, 2.05) is 26.0 Å². The number of hydrogen-bond donors (Lipinski definition) is 3. The number of thioether (sulfide) groups is 1. The van der Waals surface area contributed by atoms with Gasteiger partial charge >= 0.3 is 0 Å². The van der Waals surface area contributed by atoms with E-state index in [2.05, 4.69) is 38.3 Å². The first-order valence-electron chi connectivity index (χ1n) is 14.5. The van der Waals surface area contributed by atoms with Gasteiger partial charge in [0.1, 0.15) is 11.8 Å². The van der Waals surface area contributed by atoms with Crippen LogP contribution in [-0.2, 0) is 14.4 Å². The molecular weight excluding hydrogens is 514 g/mol. The van der Waals surface area contributed by atoms with Gasteiger partial charge in [-0.25, -0.2) is 0 Å². The summed E-state index contributed by atoms with van der Waals surface area (Å²) in [4.78, 5) is 43.8. The Morgan fingerprint density at radius 2 is 1.87 bits per heavy atom. The van der Waals surface area contributed by atoms with Crippen molar-refractivity contribution in [2.24, 2.45) is 23.7 Å². The zero-order valence-electron chi connectivity index (χ0n) is 24.1. The van der Waals surface area contributed by atoms with Crippen molar-refractivity contribution < 1.29 is 24.2 Å². The highest BCUT2D eigenvalue weighted by molar-refractivity contribution is 8.02. The van der Waals surface area contributed by atoms with E-state index < -0.39 is 28.7 Å². The number of benzene rings is 1. The molecule has 39 heavy (non-hydrogen) atoms. The zero-order chi connectivity index (χ0) is 28.5. The lowest BCUT2D eigenvalue weighted by Gasteiger charge is -2.40. The van der Waals surface area contributed by atoms with Crippen molar-refractivity contribution in [2.75, 3.05) is 18.5 Å². The number of aliphatic hydroxyl groups is 1. The van der Waals surface area contributed by atoms with E-state index in [0.717, 1.165) is 25.0 Å². The average molecular weight is 560 g/mol. The molecule has 3 fully saturated rings. The highest BCUT2D eigenvalue weighted by Crippen LogP contribution is 2.69. The lowest BCUT2D eigenvalue weighted by Crippen LogP contribution is -2.59. The first kappa shape index (κ1) is 29.7. The predicted molar refractivity (Wildman–Crippen MR) is 155 cm³/mol. The molecule has 0 aliphatic carbocycles. The van der Waals surface area contributed by atoms with E-state index in [9.17, 15) is 19.5 Å². The van der Waals surface area contributed by atoms with Crippen molar-refractivity contribution in [1.82, 2.24) is 10.2 Å². The molecular formula is C30H45N3O5S. The number of nitrogens with zero attached hydrogens (tertiary/aromatic N) is 1. The number of amides is 3. The van der Waals surface area contributed by atoms with Crippen LogP contribution in [0, 0.1) is 23.7 Å². The zero-order valence-corrected chi connectivity index (χ0v) is 24.9. The molecule has 2 bridgehead atoms. The fourth-order valence-electron chi connectivity index (χ4n) is 7.13. The summed E-state index contributed by atoms with van der Waals surface area (Å²) in [6, 6.07) is 6.02. The molecule has 9 heteroatoms. The van der Waals surface area contributed by atoms with Gasteiger partial charge in [0, 0.05) is 17.0 Å². The van der Waals surface area contributed by atoms with E-state index >= 15 is 0 Å². The van der Waals surface area contributed by atoms with Crippen LogP contribution in [0.25, 0.3) is 0 Å². The van der Waals surface area contributed by atoms with E-state index in [4.69, 9.17) is 4.74 Å². The maximum absolute atomic E-state index is 14.3. The van der Waals surface area contributed by atoms with Gasteiger partial charge in [0.25, 0.3) is 0 Å². The summed E-state index contributed by atoms with van der Waals surface area (Å²) < 4.78 is 4.81. The maximum Gasteiger partial charge on any atom is 0.244 e. The van der Waals surface area contributed by atoms with E-state index in [-0.39, 0.29) is 47.5 Å². The molecule has 3 saturated heterocycles. The van der Waals surface area contributed by atoms with Crippen LogP contribution in [0.3, 0.4) is 0 Å². The summed E-state index contributed by atoms with van der Waals surface area (Å²) in [5, 5.41) is 16.6. The number of fused-ring (bicyclic) bond motifs is 1. The highest BCUT2D eigenvalue weighted by atomic mass is 32.2. The van der Waals surface area contributed by atoms with Gasteiger partial charge in [-0.15, -0.1) is 11.8 Å². The van der Waals surface area contributed by atoms with Gasteiger partial charge in [-0.05, 0) is 69.2 Å². The van der Waals surface area contributed by atoms with Crippen molar-refractivity contribution in [2.45, 2.75) is 95.3 Å². The summed E-state index contributed by atoms with van der Waals surface area (Å²) in [6.45, 7) is 12.6. The number of aliphatic hydroxyl groups excluding tert-OH is 1. The minimum absolute atomic E-state index is 0.0229. The standard InChI is InChI=1S/C30H45N3O5S/c1-7-9-19(6)31-28(36)26-30-18(5)15-23(39-30)24(25(30)29(37)33(26)21(16-34)14-17(3)4)27(35)32-20-10-12-22(13-11-20)38-8-2/h10-13,17-19,21,23-26,34H,7-9,14-16H2,1-6H3,(H,31,36)(H,32,35)/t18?,19?,21-,23+,24-,25+,26?,30?/m1/s1. The number of likely N-dealkylation sites (tertiary alicyclic amines) is 1. The molecule has 4 unspecified atom stereocenters. The SMILES string of the molecule is CCCC(C)NC(=O)C1N([C@@H](CO)CC(C)C)C(=O)[C@@H]2[C@H](C(=O)Nc3ccc(OCC)cc3)[C@@H]3CC(C)C12S3. The molecule has 1 aromatic carbocycles. The maximum atomic E-state index is 14.3. The van der Waals surface area contributed by atoms with Gasteiger partial charge < -0.3 is 25.4 Å². The van der Waals surface area contributed by atoms with Crippen LogP contribution < -0.4 is 15.4 Å². The second-order valence-corrected chi connectivity index (χ2v) is 13.5. The highest BCUT2D eigenvalue weighted by Gasteiger charge is 2.76.